The summed E-state index contributed by atoms with van der Waals surface area (Å²) in [5, 5.41) is 3.16. The summed E-state index contributed by atoms with van der Waals surface area (Å²) < 4.78 is 38.7. The van der Waals surface area contributed by atoms with Crippen molar-refractivity contribution < 1.29 is 22.7 Å². The molecule has 2 fully saturated rings. The highest BCUT2D eigenvalue weighted by molar-refractivity contribution is 7.89. The van der Waals surface area contributed by atoms with Gasteiger partial charge < -0.3 is 14.8 Å². The van der Waals surface area contributed by atoms with Gasteiger partial charge in [0.2, 0.25) is 15.9 Å². The Morgan fingerprint density at radius 3 is 2.50 bits per heavy atom. The number of nitrogens with one attached hydrogen (secondary N) is 2. The van der Waals surface area contributed by atoms with Crippen LogP contribution in [0, 0.1) is 11.8 Å². The number of benzene rings is 1. The number of carbonyl (C=O) groups is 1. The van der Waals surface area contributed by atoms with Crippen LogP contribution >= 0.6 is 0 Å². The molecule has 0 heterocycles. The maximum atomic E-state index is 12.8. The van der Waals surface area contributed by atoms with Gasteiger partial charge in [-0.3, -0.25) is 4.79 Å². The Morgan fingerprint density at radius 1 is 1.11 bits per heavy atom. The van der Waals surface area contributed by atoms with Crippen molar-refractivity contribution in [3.63, 3.8) is 0 Å². The number of ether oxygens (including phenoxy) is 2. The van der Waals surface area contributed by atoms with Gasteiger partial charge in [-0.1, -0.05) is 12.8 Å². The molecule has 2 aliphatic rings. The molecular formula is C20H30N2O5S. The van der Waals surface area contributed by atoms with Gasteiger partial charge in [0.1, 0.15) is 16.4 Å². The summed E-state index contributed by atoms with van der Waals surface area (Å²) in [6.07, 6.45) is 6.83. The van der Waals surface area contributed by atoms with Gasteiger partial charge in [0.25, 0.3) is 0 Å². The third-order valence-electron chi connectivity index (χ3n) is 5.83. The van der Waals surface area contributed by atoms with Crippen molar-refractivity contribution in [2.24, 2.45) is 11.8 Å². The van der Waals surface area contributed by atoms with Gasteiger partial charge in [-0.2, -0.15) is 0 Å². The number of methoxy groups -OCH3 is 2. The van der Waals surface area contributed by atoms with E-state index in [0.717, 1.165) is 44.9 Å². The van der Waals surface area contributed by atoms with Crippen LogP contribution in [0.5, 0.6) is 11.5 Å². The largest absolute Gasteiger partial charge is 0.497 e. The second-order valence-electron chi connectivity index (χ2n) is 7.73. The minimum Gasteiger partial charge on any atom is -0.497 e. The molecule has 1 amide bonds. The van der Waals surface area contributed by atoms with Gasteiger partial charge in [0, 0.05) is 24.6 Å². The van der Waals surface area contributed by atoms with Gasteiger partial charge in [-0.25, -0.2) is 13.1 Å². The predicted octanol–water partition coefficient (Wildman–Crippen LogP) is 2.46. The second-order valence-corrected chi connectivity index (χ2v) is 9.47. The molecule has 0 aliphatic heterocycles. The summed E-state index contributed by atoms with van der Waals surface area (Å²) in [4.78, 5) is 12.3. The van der Waals surface area contributed by atoms with Crippen molar-refractivity contribution in [1.29, 1.82) is 0 Å². The van der Waals surface area contributed by atoms with Crippen molar-refractivity contribution in [3.8, 4) is 11.5 Å². The molecule has 28 heavy (non-hydrogen) atoms. The number of sulfonamides is 1. The standard InChI is InChI=1S/C20H30N2O5S/c1-26-17-9-10-18(27-2)19(12-17)28(24,25)21-13-14-5-3-8-16(11-14)22-20(23)15-6-4-7-15/h9-10,12,14-16,21H,3-8,11,13H2,1-2H3,(H,22,23)/t14-,16+/m1/s1. The zero-order chi connectivity index (χ0) is 20.1. The molecule has 156 valence electrons. The van der Waals surface area contributed by atoms with E-state index in [2.05, 4.69) is 10.0 Å². The minimum atomic E-state index is -3.73. The molecule has 2 aliphatic carbocycles. The SMILES string of the molecule is COc1ccc(OC)c(S(=O)(=O)NC[C@@H]2CCC[C@H](NC(=O)C3CCC3)C2)c1. The van der Waals surface area contributed by atoms with E-state index in [9.17, 15) is 13.2 Å². The lowest BCUT2D eigenvalue weighted by Crippen LogP contribution is -2.44. The molecule has 2 saturated carbocycles. The molecule has 0 saturated heterocycles. The molecule has 2 N–H and O–H groups in total. The molecule has 1 aromatic carbocycles. The van der Waals surface area contributed by atoms with Crippen molar-refractivity contribution >= 4 is 15.9 Å². The highest BCUT2D eigenvalue weighted by Gasteiger charge is 2.30. The Labute approximate surface area is 167 Å². The maximum absolute atomic E-state index is 12.8. The van der Waals surface area contributed by atoms with Gasteiger partial charge in [-0.15, -0.1) is 0 Å². The number of carbonyl (C=O) groups excluding carboxylic acids is 1. The van der Waals surface area contributed by atoms with E-state index in [0.29, 0.717) is 12.3 Å². The zero-order valence-corrected chi connectivity index (χ0v) is 17.4. The average molecular weight is 411 g/mol. The van der Waals surface area contributed by atoms with Crippen LogP contribution in [0.15, 0.2) is 23.1 Å². The molecule has 1 aromatic rings. The first kappa shape index (κ1) is 20.9. The second kappa shape index (κ2) is 9.13. The third kappa shape index (κ3) is 4.97. The summed E-state index contributed by atoms with van der Waals surface area (Å²) in [6.45, 7) is 0.346. The predicted molar refractivity (Wildman–Crippen MR) is 106 cm³/mol. The topological polar surface area (TPSA) is 93.7 Å². The fourth-order valence-electron chi connectivity index (χ4n) is 3.90. The van der Waals surface area contributed by atoms with Crippen LogP contribution < -0.4 is 19.5 Å². The summed E-state index contributed by atoms with van der Waals surface area (Å²) >= 11 is 0. The molecule has 2 atom stereocenters. The molecule has 7 nitrogen and oxygen atoms in total. The lowest BCUT2D eigenvalue weighted by molar-refractivity contribution is -0.128. The van der Waals surface area contributed by atoms with Crippen LogP contribution in [0.25, 0.3) is 0 Å². The van der Waals surface area contributed by atoms with E-state index in [1.54, 1.807) is 12.1 Å². The lowest BCUT2D eigenvalue weighted by atomic mass is 9.82. The first-order chi connectivity index (χ1) is 13.4. The van der Waals surface area contributed by atoms with Gasteiger partial charge in [0.15, 0.2) is 0 Å². The molecule has 8 heteroatoms. The Balaban J connectivity index is 1.58. The van der Waals surface area contributed by atoms with E-state index in [-0.39, 0.29) is 34.4 Å². The summed E-state index contributed by atoms with van der Waals surface area (Å²) in [5.74, 6) is 1.28. The monoisotopic (exact) mass is 410 g/mol. The molecule has 0 spiro atoms. The lowest BCUT2D eigenvalue weighted by Gasteiger charge is -2.32. The van der Waals surface area contributed by atoms with Crippen LogP contribution in [0.3, 0.4) is 0 Å². The number of hydrogen-bond acceptors (Lipinski definition) is 5. The van der Waals surface area contributed by atoms with Crippen LogP contribution in [0.4, 0.5) is 0 Å². The van der Waals surface area contributed by atoms with Gasteiger partial charge in [-0.05, 0) is 50.2 Å². The van der Waals surface area contributed by atoms with E-state index in [4.69, 9.17) is 9.47 Å². The molecular weight excluding hydrogens is 380 g/mol. The normalized spacial score (nSPS) is 22.9. The Bertz CT molecular complexity index is 792. The molecule has 0 aromatic heterocycles. The highest BCUT2D eigenvalue weighted by atomic mass is 32.2. The first-order valence-corrected chi connectivity index (χ1v) is 11.4. The van der Waals surface area contributed by atoms with Crippen LogP contribution in [-0.4, -0.2) is 41.1 Å². The van der Waals surface area contributed by atoms with Crippen molar-refractivity contribution in [3.05, 3.63) is 18.2 Å². The Hall–Kier alpha value is -1.80. The fourth-order valence-corrected chi connectivity index (χ4v) is 5.19. The van der Waals surface area contributed by atoms with Gasteiger partial charge in [0.05, 0.1) is 14.2 Å². The Morgan fingerprint density at radius 2 is 1.86 bits per heavy atom. The van der Waals surface area contributed by atoms with Crippen LogP contribution in [0.1, 0.15) is 44.9 Å². The summed E-state index contributed by atoms with van der Waals surface area (Å²) in [6, 6.07) is 4.85. The first-order valence-electron chi connectivity index (χ1n) is 9.95. The van der Waals surface area contributed by atoms with Crippen LogP contribution in [-0.2, 0) is 14.8 Å². The van der Waals surface area contributed by atoms with Crippen molar-refractivity contribution in [2.45, 2.75) is 55.9 Å². The zero-order valence-electron chi connectivity index (χ0n) is 16.6. The van der Waals surface area contributed by atoms with E-state index in [1.807, 2.05) is 0 Å². The highest BCUT2D eigenvalue weighted by Crippen LogP contribution is 2.30. The smallest absolute Gasteiger partial charge is 0.244 e. The third-order valence-corrected chi connectivity index (χ3v) is 7.27. The molecule has 0 unspecified atom stereocenters. The van der Waals surface area contributed by atoms with E-state index < -0.39 is 10.0 Å². The minimum absolute atomic E-state index is 0.0694. The maximum Gasteiger partial charge on any atom is 0.244 e. The van der Waals surface area contributed by atoms with E-state index >= 15 is 0 Å². The quantitative estimate of drug-likeness (QED) is 0.687. The average Bonchev–Trinajstić information content (AvgIpc) is 2.64. The Kier molecular flexibility index (Phi) is 6.82. The van der Waals surface area contributed by atoms with Crippen molar-refractivity contribution in [2.75, 3.05) is 20.8 Å². The fraction of sp³-hybridized carbons (Fsp3) is 0.650. The molecule has 0 radical (unpaired) electrons. The molecule has 0 bridgehead atoms. The summed E-state index contributed by atoms with van der Waals surface area (Å²) in [7, 11) is -0.793. The van der Waals surface area contributed by atoms with Crippen molar-refractivity contribution in [1.82, 2.24) is 10.0 Å². The number of amides is 1. The van der Waals surface area contributed by atoms with E-state index in [1.165, 1.54) is 20.3 Å². The number of rotatable bonds is 8. The molecule has 3 rings (SSSR count). The van der Waals surface area contributed by atoms with Gasteiger partial charge >= 0.3 is 0 Å². The summed E-state index contributed by atoms with van der Waals surface area (Å²) in [5.41, 5.74) is 0. The van der Waals surface area contributed by atoms with Crippen LogP contribution in [0.2, 0.25) is 0 Å². The number of hydrogen-bond donors (Lipinski definition) is 2.